The average Bonchev–Trinajstić information content (AvgIpc) is 2.75. The number of nitrogens with zero attached hydrogens (tertiary/aromatic N) is 1. The van der Waals surface area contributed by atoms with Crippen molar-refractivity contribution in [1.29, 1.82) is 0 Å². The zero-order valence-electron chi connectivity index (χ0n) is 20.0. The van der Waals surface area contributed by atoms with Crippen LogP contribution in [-0.4, -0.2) is 43.4 Å². The Balaban J connectivity index is 1.41. The van der Waals surface area contributed by atoms with E-state index in [-0.39, 0.29) is 0 Å². The number of aliphatic hydroxyl groups is 1. The van der Waals surface area contributed by atoms with Crippen molar-refractivity contribution in [3.05, 3.63) is 64.2 Å². The maximum atomic E-state index is 9.25. The quantitative estimate of drug-likeness (QED) is 0.594. The van der Waals surface area contributed by atoms with E-state index in [0.29, 0.717) is 25.0 Å². The molecule has 1 heterocycles. The first-order chi connectivity index (χ1) is 15.5. The van der Waals surface area contributed by atoms with Crippen LogP contribution in [-0.2, 0) is 19.4 Å². The van der Waals surface area contributed by atoms with Crippen molar-refractivity contribution in [1.82, 2.24) is 4.90 Å². The molecule has 1 fully saturated rings. The highest BCUT2D eigenvalue weighted by Gasteiger charge is 2.27. The summed E-state index contributed by atoms with van der Waals surface area (Å²) >= 11 is 0. The highest BCUT2D eigenvalue weighted by molar-refractivity contribution is 5.72. The van der Waals surface area contributed by atoms with E-state index in [4.69, 9.17) is 9.47 Å². The minimum Gasteiger partial charge on any atom is -0.496 e. The molecule has 1 aliphatic carbocycles. The van der Waals surface area contributed by atoms with Crippen molar-refractivity contribution in [2.75, 3.05) is 33.4 Å². The zero-order chi connectivity index (χ0) is 22.7. The molecule has 0 saturated carbocycles. The summed E-state index contributed by atoms with van der Waals surface area (Å²) in [4.78, 5) is 2.45. The van der Waals surface area contributed by atoms with Crippen molar-refractivity contribution >= 4 is 5.57 Å². The van der Waals surface area contributed by atoms with Crippen molar-refractivity contribution in [2.45, 2.75) is 46.6 Å². The van der Waals surface area contributed by atoms with Gasteiger partial charge in [-0.3, -0.25) is 4.90 Å². The molecule has 0 atom stereocenters. The van der Waals surface area contributed by atoms with E-state index >= 15 is 0 Å². The molecule has 0 spiro atoms. The lowest BCUT2D eigenvalue weighted by molar-refractivity contribution is 0.0612. The van der Waals surface area contributed by atoms with Gasteiger partial charge in [0, 0.05) is 37.7 Å². The van der Waals surface area contributed by atoms with E-state index in [0.717, 1.165) is 56.0 Å². The third kappa shape index (κ3) is 5.19. The molecule has 1 saturated heterocycles. The molecule has 4 nitrogen and oxygen atoms in total. The average molecular weight is 436 g/mol. The van der Waals surface area contributed by atoms with Crippen molar-refractivity contribution in [3.63, 3.8) is 0 Å². The summed E-state index contributed by atoms with van der Waals surface area (Å²) in [6.45, 7) is 10.6. The third-order valence-electron chi connectivity index (χ3n) is 6.80. The van der Waals surface area contributed by atoms with E-state index < -0.39 is 0 Å². The van der Waals surface area contributed by atoms with Gasteiger partial charge in [-0.15, -0.1) is 0 Å². The number of allylic oxidation sites excluding steroid dienone is 1. The largest absolute Gasteiger partial charge is 0.496 e. The number of hydrogen-bond donors (Lipinski definition) is 1. The van der Waals surface area contributed by atoms with E-state index in [1.54, 1.807) is 7.11 Å². The molecule has 0 amide bonds. The fourth-order valence-corrected chi connectivity index (χ4v) is 4.95. The number of fused-ring (bicyclic) bond motifs is 1. The maximum absolute atomic E-state index is 9.25. The molecule has 2 aromatic carbocycles. The Hall–Kier alpha value is -2.30. The second-order valence-electron chi connectivity index (χ2n) is 9.82. The number of aliphatic hydroxyl groups excluding tert-OH is 1. The van der Waals surface area contributed by atoms with Gasteiger partial charge in [-0.05, 0) is 72.6 Å². The molecular formula is C28H37NO3. The zero-order valence-corrected chi connectivity index (χ0v) is 20.0. The first-order valence-corrected chi connectivity index (χ1v) is 11.9. The van der Waals surface area contributed by atoms with Gasteiger partial charge in [-0.1, -0.05) is 37.6 Å². The van der Waals surface area contributed by atoms with E-state index in [9.17, 15) is 5.11 Å². The second kappa shape index (κ2) is 10.1. The topological polar surface area (TPSA) is 41.9 Å². The molecule has 1 aliphatic heterocycles. The van der Waals surface area contributed by atoms with Gasteiger partial charge in [0.25, 0.3) is 0 Å². The standard InChI is InChI=1S/C28H37NO3/c1-19(2)11-21-5-6-25(28(12-21)31-4)18-32-26-9-10-27-20(3)24(8-7-23(27)13-26)16-29-14-22(15-29)17-30/h5-6,9-10,12-13,19,22,30H,7-8,11,14-18H2,1-4H3. The molecule has 0 radical (unpaired) electrons. The molecule has 172 valence electrons. The summed E-state index contributed by atoms with van der Waals surface area (Å²) in [6, 6.07) is 13.0. The van der Waals surface area contributed by atoms with Crippen LogP contribution in [0.25, 0.3) is 5.57 Å². The Labute approximate surface area is 192 Å². The number of rotatable bonds is 9. The number of likely N-dealkylation sites (tertiary alicyclic amines) is 1. The third-order valence-corrected chi connectivity index (χ3v) is 6.80. The number of hydrogen-bond acceptors (Lipinski definition) is 4. The van der Waals surface area contributed by atoms with Gasteiger partial charge >= 0.3 is 0 Å². The van der Waals surface area contributed by atoms with Crippen LogP contribution in [0.3, 0.4) is 0 Å². The van der Waals surface area contributed by atoms with Gasteiger partial charge in [-0.25, -0.2) is 0 Å². The van der Waals surface area contributed by atoms with Gasteiger partial charge in [0.2, 0.25) is 0 Å². The van der Waals surface area contributed by atoms with Gasteiger partial charge in [-0.2, -0.15) is 0 Å². The van der Waals surface area contributed by atoms with Gasteiger partial charge in [0.1, 0.15) is 18.1 Å². The molecule has 4 rings (SSSR count). The first kappa shape index (κ1) is 22.9. The lowest BCUT2D eigenvalue weighted by Gasteiger charge is -2.39. The Morgan fingerprint density at radius 2 is 1.91 bits per heavy atom. The predicted molar refractivity (Wildman–Crippen MR) is 130 cm³/mol. The molecule has 2 aromatic rings. The van der Waals surface area contributed by atoms with Crippen LogP contribution in [0.15, 0.2) is 42.0 Å². The van der Waals surface area contributed by atoms with E-state index in [1.165, 1.54) is 27.8 Å². The smallest absolute Gasteiger partial charge is 0.125 e. The fraction of sp³-hybridized carbons (Fsp3) is 0.500. The Bertz CT molecular complexity index is 973. The summed E-state index contributed by atoms with van der Waals surface area (Å²) in [5.74, 6) is 2.91. The summed E-state index contributed by atoms with van der Waals surface area (Å²) < 4.78 is 11.8. The summed E-state index contributed by atoms with van der Waals surface area (Å²) in [5, 5.41) is 9.25. The monoisotopic (exact) mass is 435 g/mol. The molecule has 2 aliphatic rings. The normalized spacial score (nSPS) is 16.8. The minimum atomic E-state index is 0.314. The summed E-state index contributed by atoms with van der Waals surface area (Å²) in [5.41, 5.74) is 8.05. The van der Waals surface area contributed by atoms with Crippen LogP contribution in [0.4, 0.5) is 0 Å². The SMILES string of the molecule is COc1cc(CC(C)C)ccc1COc1ccc2c(c1)CCC(CN1CC(CO)C1)=C2C. The molecule has 1 N–H and O–H groups in total. The van der Waals surface area contributed by atoms with Gasteiger partial charge in [0.15, 0.2) is 0 Å². The number of ether oxygens (including phenoxy) is 2. The van der Waals surface area contributed by atoms with Crippen LogP contribution >= 0.6 is 0 Å². The minimum absolute atomic E-state index is 0.314. The Kier molecular flexibility index (Phi) is 7.22. The van der Waals surface area contributed by atoms with Gasteiger partial charge in [0.05, 0.1) is 7.11 Å². The van der Waals surface area contributed by atoms with Crippen molar-refractivity contribution < 1.29 is 14.6 Å². The summed E-state index contributed by atoms with van der Waals surface area (Å²) in [6.07, 6.45) is 3.22. The highest BCUT2D eigenvalue weighted by Crippen LogP contribution is 2.35. The molecule has 0 aromatic heterocycles. The molecule has 0 unspecified atom stereocenters. The fourth-order valence-electron chi connectivity index (χ4n) is 4.95. The molecular weight excluding hydrogens is 398 g/mol. The van der Waals surface area contributed by atoms with E-state index in [2.05, 4.69) is 62.1 Å². The number of methoxy groups -OCH3 is 1. The van der Waals surface area contributed by atoms with Crippen LogP contribution in [0.5, 0.6) is 11.5 Å². The van der Waals surface area contributed by atoms with Crippen molar-refractivity contribution in [2.24, 2.45) is 11.8 Å². The number of aryl methyl sites for hydroxylation is 1. The van der Waals surface area contributed by atoms with Crippen molar-refractivity contribution in [3.8, 4) is 11.5 Å². The molecule has 0 bridgehead atoms. The lowest BCUT2D eigenvalue weighted by Crippen LogP contribution is -2.49. The maximum Gasteiger partial charge on any atom is 0.125 e. The lowest BCUT2D eigenvalue weighted by atomic mass is 9.85. The molecule has 4 heteroatoms. The van der Waals surface area contributed by atoms with Crippen LogP contribution in [0.1, 0.15) is 49.4 Å². The first-order valence-electron chi connectivity index (χ1n) is 11.9. The Morgan fingerprint density at radius 3 is 2.62 bits per heavy atom. The second-order valence-corrected chi connectivity index (χ2v) is 9.82. The number of benzene rings is 2. The van der Waals surface area contributed by atoms with Crippen LogP contribution in [0, 0.1) is 11.8 Å². The predicted octanol–water partition coefficient (Wildman–Crippen LogP) is 5.12. The molecule has 32 heavy (non-hydrogen) atoms. The highest BCUT2D eigenvalue weighted by atomic mass is 16.5. The Morgan fingerprint density at radius 1 is 1.09 bits per heavy atom. The van der Waals surface area contributed by atoms with Crippen LogP contribution < -0.4 is 9.47 Å². The van der Waals surface area contributed by atoms with Gasteiger partial charge < -0.3 is 14.6 Å². The van der Waals surface area contributed by atoms with Crippen LogP contribution in [0.2, 0.25) is 0 Å². The summed E-state index contributed by atoms with van der Waals surface area (Å²) in [7, 11) is 1.73. The van der Waals surface area contributed by atoms with E-state index in [1.807, 2.05) is 0 Å².